The number of aliphatic hydroxyl groups is 1. The van der Waals surface area contributed by atoms with Crippen LogP contribution in [0.5, 0.6) is 0 Å². The molecular formula is C14H21BrN2O. The highest BCUT2D eigenvalue weighted by Gasteiger charge is 2.39. The number of aliphatic hydroxyl groups excluding tert-OH is 1. The molecule has 1 fully saturated rings. The molecule has 4 heteroatoms. The van der Waals surface area contributed by atoms with Crippen LogP contribution < -0.4 is 10.6 Å². The summed E-state index contributed by atoms with van der Waals surface area (Å²) in [4.78, 5) is 0. The molecule has 0 bridgehead atoms. The van der Waals surface area contributed by atoms with Crippen LogP contribution in [0, 0.1) is 5.92 Å². The number of hydrogen-bond acceptors (Lipinski definition) is 3. The quantitative estimate of drug-likeness (QED) is 0.801. The first kappa shape index (κ1) is 13.8. The minimum absolute atomic E-state index is 0.175. The van der Waals surface area contributed by atoms with Crippen molar-refractivity contribution in [3.8, 4) is 0 Å². The zero-order valence-electron chi connectivity index (χ0n) is 10.7. The molecule has 1 aromatic carbocycles. The number of halogens is 1. The van der Waals surface area contributed by atoms with Crippen LogP contribution in [0.25, 0.3) is 0 Å². The third-order valence-electron chi connectivity index (χ3n) is 3.95. The third kappa shape index (κ3) is 2.71. The first-order valence-electron chi connectivity index (χ1n) is 6.56. The van der Waals surface area contributed by atoms with Crippen LogP contribution in [0.1, 0.15) is 19.8 Å². The van der Waals surface area contributed by atoms with E-state index in [1.165, 1.54) is 0 Å². The molecule has 3 nitrogen and oxygen atoms in total. The number of hydrogen-bond donors (Lipinski definition) is 3. The first-order valence-corrected chi connectivity index (χ1v) is 7.35. The maximum absolute atomic E-state index is 9.89. The van der Waals surface area contributed by atoms with Crippen LogP contribution in [0.15, 0.2) is 28.7 Å². The molecule has 3 N–H and O–H groups in total. The van der Waals surface area contributed by atoms with Gasteiger partial charge in [-0.15, -0.1) is 0 Å². The van der Waals surface area contributed by atoms with Gasteiger partial charge >= 0.3 is 0 Å². The van der Waals surface area contributed by atoms with Crippen molar-refractivity contribution in [1.29, 1.82) is 0 Å². The van der Waals surface area contributed by atoms with E-state index in [0.29, 0.717) is 5.92 Å². The van der Waals surface area contributed by atoms with Crippen molar-refractivity contribution in [1.82, 2.24) is 5.32 Å². The predicted molar refractivity (Wildman–Crippen MR) is 78.8 cm³/mol. The Balaban J connectivity index is 2.24. The fraction of sp³-hybridized carbons (Fsp3) is 0.571. The largest absolute Gasteiger partial charge is 0.394 e. The van der Waals surface area contributed by atoms with Gasteiger partial charge in [-0.1, -0.05) is 19.1 Å². The van der Waals surface area contributed by atoms with Crippen LogP contribution in [-0.4, -0.2) is 30.3 Å². The van der Waals surface area contributed by atoms with Gasteiger partial charge in [-0.2, -0.15) is 0 Å². The minimum atomic E-state index is -0.204. The first-order chi connectivity index (χ1) is 8.72. The molecule has 0 aromatic heterocycles. The van der Waals surface area contributed by atoms with E-state index in [9.17, 15) is 5.11 Å². The zero-order valence-corrected chi connectivity index (χ0v) is 12.3. The lowest BCUT2D eigenvalue weighted by Crippen LogP contribution is -2.57. The van der Waals surface area contributed by atoms with E-state index in [4.69, 9.17) is 0 Å². The molecule has 0 amide bonds. The Hall–Kier alpha value is -0.580. The summed E-state index contributed by atoms with van der Waals surface area (Å²) in [6, 6.07) is 8.09. The Bertz CT molecular complexity index is 399. The summed E-state index contributed by atoms with van der Waals surface area (Å²) in [6.45, 7) is 4.28. The Morgan fingerprint density at radius 2 is 2.28 bits per heavy atom. The zero-order chi connectivity index (χ0) is 13.0. The van der Waals surface area contributed by atoms with Gasteiger partial charge in [0.2, 0.25) is 0 Å². The van der Waals surface area contributed by atoms with Crippen molar-refractivity contribution < 1.29 is 5.11 Å². The number of rotatable bonds is 4. The van der Waals surface area contributed by atoms with Crippen molar-refractivity contribution in [2.45, 2.75) is 25.3 Å². The maximum Gasteiger partial charge on any atom is 0.0665 e. The normalized spacial score (nSPS) is 28.1. The van der Waals surface area contributed by atoms with Crippen LogP contribution in [0.3, 0.4) is 0 Å². The molecule has 2 rings (SSSR count). The molecule has 18 heavy (non-hydrogen) atoms. The molecule has 2 unspecified atom stereocenters. The van der Waals surface area contributed by atoms with E-state index in [2.05, 4.69) is 39.6 Å². The summed E-state index contributed by atoms with van der Waals surface area (Å²) in [5.74, 6) is 0.448. The van der Waals surface area contributed by atoms with Gasteiger partial charge in [-0.3, -0.25) is 0 Å². The van der Waals surface area contributed by atoms with Crippen molar-refractivity contribution in [3.05, 3.63) is 28.7 Å². The lowest BCUT2D eigenvalue weighted by molar-refractivity contribution is 0.124. The molecule has 2 atom stereocenters. The number of para-hydroxylation sites is 1. The fourth-order valence-electron chi connectivity index (χ4n) is 2.77. The van der Waals surface area contributed by atoms with Crippen LogP contribution in [-0.2, 0) is 0 Å². The van der Waals surface area contributed by atoms with Gasteiger partial charge in [0.05, 0.1) is 12.1 Å². The molecule has 0 saturated carbocycles. The van der Waals surface area contributed by atoms with E-state index < -0.39 is 0 Å². The Labute approximate surface area is 117 Å². The Morgan fingerprint density at radius 3 is 2.94 bits per heavy atom. The summed E-state index contributed by atoms with van der Waals surface area (Å²) in [7, 11) is 0. The molecular weight excluding hydrogens is 292 g/mol. The summed E-state index contributed by atoms with van der Waals surface area (Å²) >= 11 is 3.56. The van der Waals surface area contributed by atoms with Crippen molar-refractivity contribution in [2.24, 2.45) is 5.92 Å². The minimum Gasteiger partial charge on any atom is -0.394 e. The highest BCUT2D eigenvalue weighted by atomic mass is 79.9. The van der Waals surface area contributed by atoms with Crippen molar-refractivity contribution in [3.63, 3.8) is 0 Å². The van der Waals surface area contributed by atoms with Crippen LogP contribution in [0.4, 0.5) is 5.69 Å². The highest BCUT2D eigenvalue weighted by Crippen LogP contribution is 2.33. The fourth-order valence-corrected chi connectivity index (χ4v) is 3.15. The Kier molecular flexibility index (Phi) is 4.65. The number of nitrogens with one attached hydrogen (secondary N) is 2. The molecule has 1 aliphatic rings. The van der Waals surface area contributed by atoms with E-state index in [1.54, 1.807) is 0 Å². The standard InChI is InChI=1S/C14H21BrN2O/c1-2-11-9-16-8-7-14(11,10-18)17-13-6-4-3-5-12(13)15/h3-6,11,16-18H,2,7-10H2,1H3. The maximum atomic E-state index is 9.89. The van der Waals surface area contributed by atoms with Gasteiger partial charge in [0.25, 0.3) is 0 Å². The predicted octanol–water partition coefficient (Wildman–Crippen LogP) is 2.61. The third-order valence-corrected chi connectivity index (χ3v) is 4.64. The van der Waals surface area contributed by atoms with Crippen LogP contribution >= 0.6 is 15.9 Å². The molecule has 1 heterocycles. The molecule has 1 aliphatic heterocycles. The van der Waals surface area contributed by atoms with E-state index in [0.717, 1.165) is 36.1 Å². The van der Waals surface area contributed by atoms with Gasteiger partial charge in [-0.25, -0.2) is 0 Å². The van der Waals surface area contributed by atoms with Crippen LogP contribution in [0.2, 0.25) is 0 Å². The van der Waals surface area contributed by atoms with E-state index >= 15 is 0 Å². The van der Waals surface area contributed by atoms with Crippen molar-refractivity contribution in [2.75, 3.05) is 25.0 Å². The smallest absolute Gasteiger partial charge is 0.0665 e. The molecule has 1 aromatic rings. The Morgan fingerprint density at radius 1 is 1.50 bits per heavy atom. The van der Waals surface area contributed by atoms with E-state index in [-0.39, 0.29) is 12.1 Å². The molecule has 0 aliphatic carbocycles. The second-order valence-electron chi connectivity index (χ2n) is 4.98. The summed E-state index contributed by atoms with van der Waals surface area (Å²) in [5.41, 5.74) is 0.857. The summed E-state index contributed by atoms with van der Waals surface area (Å²) in [5, 5.41) is 16.9. The number of benzene rings is 1. The number of anilines is 1. The lowest BCUT2D eigenvalue weighted by Gasteiger charge is -2.44. The molecule has 0 radical (unpaired) electrons. The second-order valence-corrected chi connectivity index (χ2v) is 5.83. The summed E-state index contributed by atoms with van der Waals surface area (Å²) < 4.78 is 1.05. The molecule has 100 valence electrons. The van der Waals surface area contributed by atoms with Gasteiger partial charge in [0.15, 0.2) is 0 Å². The van der Waals surface area contributed by atoms with Gasteiger partial charge < -0.3 is 15.7 Å². The molecule has 0 spiro atoms. The monoisotopic (exact) mass is 312 g/mol. The van der Waals surface area contributed by atoms with Gasteiger partial charge in [-0.05, 0) is 53.4 Å². The SMILES string of the molecule is CCC1CNCCC1(CO)Nc1ccccc1Br. The highest BCUT2D eigenvalue weighted by molar-refractivity contribution is 9.10. The van der Waals surface area contributed by atoms with Gasteiger partial charge in [0.1, 0.15) is 0 Å². The lowest BCUT2D eigenvalue weighted by atomic mass is 9.77. The average Bonchev–Trinajstić information content (AvgIpc) is 2.42. The second kappa shape index (κ2) is 6.04. The van der Waals surface area contributed by atoms with E-state index in [1.807, 2.05) is 18.2 Å². The average molecular weight is 313 g/mol. The molecule has 1 saturated heterocycles. The van der Waals surface area contributed by atoms with Crippen molar-refractivity contribution >= 4 is 21.6 Å². The topological polar surface area (TPSA) is 44.3 Å². The number of piperidine rings is 1. The van der Waals surface area contributed by atoms with Gasteiger partial charge in [0, 0.05) is 16.7 Å². The summed E-state index contributed by atoms with van der Waals surface area (Å²) in [6.07, 6.45) is 2.01.